The van der Waals surface area contributed by atoms with E-state index in [1.54, 1.807) is 4.52 Å². The van der Waals surface area contributed by atoms with E-state index in [1.165, 1.54) is 11.1 Å². The first-order valence-corrected chi connectivity index (χ1v) is 9.21. The lowest BCUT2D eigenvalue weighted by Crippen LogP contribution is -2.21. The number of nitrogens with zero attached hydrogens (tertiary/aromatic N) is 3. The first-order chi connectivity index (χ1) is 13.2. The molecule has 2 aromatic heterocycles. The number of rotatable bonds is 2. The Morgan fingerprint density at radius 3 is 2.52 bits per heavy atom. The van der Waals surface area contributed by atoms with Crippen LogP contribution < -0.4 is 0 Å². The first kappa shape index (κ1) is 15.9. The van der Waals surface area contributed by atoms with Gasteiger partial charge in [-0.2, -0.15) is 5.10 Å². The second-order valence-corrected chi connectivity index (χ2v) is 7.23. The summed E-state index contributed by atoms with van der Waals surface area (Å²) in [5, 5.41) is 4.43. The molecule has 132 valence electrons. The van der Waals surface area contributed by atoms with Crippen LogP contribution in [0.1, 0.15) is 39.5 Å². The standard InChI is InChI=1S/C23H19N3O/c1-15-7-9-16(10-8-15)18-11-21-20(22(27)12-18)14-26-23(25-21)19(13-24-26)17-5-3-2-4-6-17/h2-10,13-14,18H,11-12H2,1H3. The molecular weight excluding hydrogens is 334 g/mol. The SMILES string of the molecule is Cc1ccc(C2CC(=O)c3cn4ncc(-c5ccccc5)c4nc3C2)cc1. The van der Waals surface area contributed by atoms with Crippen molar-refractivity contribution < 1.29 is 4.79 Å². The fourth-order valence-electron chi connectivity index (χ4n) is 3.87. The van der Waals surface area contributed by atoms with Gasteiger partial charge in [0.15, 0.2) is 11.4 Å². The van der Waals surface area contributed by atoms with Crippen molar-refractivity contribution in [1.29, 1.82) is 0 Å². The monoisotopic (exact) mass is 353 g/mol. The van der Waals surface area contributed by atoms with Crippen LogP contribution in [0.5, 0.6) is 0 Å². The summed E-state index contributed by atoms with van der Waals surface area (Å²) in [5.74, 6) is 0.330. The highest BCUT2D eigenvalue weighted by Crippen LogP contribution is 2.33. The molecular formula is C23H19N3O. The molecule has 0 saturated carbocycles. The molecule has 0 bridgehead atoms. The normalized spacial score (nSPS) is 16.5. The second-order valence-electron chi connectivity index (χ2n) is 7.23. The van der Waals surface area contributed by atoms with Crippen molar-refractivity contribution in [2.45, 2.75) is 25.7 Å². The molecule has 5 rings (SSSR count). The van der Waals surface area contributed by atoms with E-state index in [-0.39, 0.29) is 11.7 Å². The van der Waals surface area contributed by atoms with Crippen LogP contribution in [0.15, 0.2) is 67.0 Å². The van der Waals surface area contributed by atoms with Crippen molar-refractivity contribution in [3.05, 3.63) is 89.4 Å². The molecule has 0 saturated heterocycles. The van der Waals surface area contributed by atoms with Crippen LogP contribution in [0.3, 0.4) is 0 Å². The van der Waals surface area contributed by atoms with Gasteiger partial charge in [0.25, 0.3) is 0 Å². The number of carbonyl (C=O) groups is 1. The van der Waals surface area contributed by atoms with Crippen LogP contribution in [0.25, 0.3) is 16.8 Å². The predicted octanol–water partition coefficient (Wildman–Crippen LogP) is 4.62. The molecule has 4 nitrogen and oxygen atoms in total. The fourth-order valence-corrected chi connectivity index (χ4v) is 3.87. The molecule has 1 atom stereocenters. The molecule has 1 unspecified atom stereocenters. The number of hydrogen-bond donors (Lipinski definition) is 0. The minimum atomic E-state index is 0.146. The molecule has 2 aromatic carbocycles. The van der Waals surface area contributed by atoms with Gasteiger partial charge in [-0.3, -0.25) is 4.79 Å². The van der Waals surface area contributed by atoms with Gasteiger partial charge in [-0.15, -0.1) is 0 Å². The van der Waals surface area contributed by atoms with Gasteiger partial charge in [0, 0.05) is 18.2 Å². The molecule has 4 aromatic rings. The smallest absolute Gasteiger partial charge is 0.166 e. The zero-order valence-corrected chi connectivity index (χ0v) is 15.1. The summed E-state index contributed by atoms with van der Waals surface area (Å²) >= 11 is 0. The molecule has 0 spiro atoms. The van der Waals surface area contributed by atoms with E-state index in [1.807, 2.05) is 30.6 Å². The Morgan fingerprint density at radius 1 is 0.963 bits per heavy atom. The molecule has 0 amide bonds. The van der Waals surface area contributed by atoms with Gasteiger partial charge >= 0.3 is 0 Å². The number of carbonyl (C=O) groups excluding carboxylic acids is 1. The van der Waals surface area contributed by atoms with Crippen LogP contribution in [-0.2, 0) is 6.42 Å². The summed E-state index contributed by atoms with van der Waals surface area (Å²) in [6.45, 7) is 2.08. The van der Waals surface area contributed by atoms with Crippen LogP contribution in [0.4, 0.5) is 0 Å². The largest absolute Gasteiger partial charge is 0.294 e. The molecule has 2 heterocycles. The second kappa shape index (κ2) is 6.16. The molecule has 4 heteroatoms. The Bertz CT molecular complexity index is 1140. The third kappa shape index (κ3) is 2.74. The molecule has 27 heavy (non-hydrogen) atoms. The molecule has 0 N–H and O–H groups in total. The Balaban J connectivity index is 1.59. The topological polar surface area (TPSA) is 47.3 Å². The average Bonchev–Trinajstić information content (AvgIpc) is 3.11. The summed E-state index contributed by atoms with van der Waals surface area (Å²) in [4.78, 5) is 17.7. The van der Waals surface area contributed by atoms with E-state index < -0.39 is 0 Å². The van der Waals surface area contributed by atoms with Gasteiger partial charge < -0.3 is 0 Å². The van der Waals surface area contributed by atoms with Gasteiger partial charge in [0.05, 0.1) is 17.5 Å². The summed E-state index contributed by atoms with van der Waals surface area (Å²) < 4.78 is 1.73. The third-order valence-electron chi connectivity index (χ3n) is 5.38. The highest BCUT2D eigenvalue weighted by atomic mass is 16.1. The van der Waals surface area contributed by atoms with E-state index in [0.717, 1.165) is 28.9 Å². The quantitative estimate of drug-likeness (QED) is 0.528. The van der Waals surface area contributed by atoms with E-state index in [2.05, 4.69) is 48.4 Å². The third-order valence-corrected chi connectivity index (χ3v) is 5.38. The Hall–Kier alpha value is -3.27. The van der Waals surface area contributed by atoms with E-state index in [9.17, 15) is 4.79 Å². The molecule has 0 radical (unpaired) electrons. The fraction of sp³-hybridized carbons (Fsp3) is 0.174. The Labute approximate surface area is 157 Å². The minimum absolute atomic E-state index is 0.146. The van der Waals surface area contributed by atoms with E-state index in [0.29, 0.717) is 12.0 Å². The molecule has 0 aliphatic heterocycles. The number of aromatic nitrogens is 3. The van der Waals surface area contributed by atoms with Crippen LogP contribution in [0.2, 0.25) is 0 Å². The average molecular weight is 353 g/mol. The van der Waals surface area contributed by atoms with Crippen LogP contribution >= 0.6 is 0 Å². The van der Waals surface area contributed by atoms with Crippen LogP contribution in [0, 0.1) is 6.92 Å². The number of ketones is 1. The van der Waals surface area contributed by atoms with E-state index in [4.69, 9.17) is 4.98 Å². The van der Waals surface area contributed by atoms with Crippen molar-refractivity contribution >= 4 is 11.4 Å². The Kier molecular flexibility index (Phi) is 3.64. The maximum Gasteiger partial charge on any atom is 0.166 e. The van der Waals surface area contributed by atoms with Crippen LogP contribution in [-0.4, -0.2) is 20.4 Å². The maximum absolute atomic E-state index is 12.8. The highest BCUT2D eigenvalue weighted by Gasteiger charge is 2.28. The number of benzene rings is 2. The minimum Gasteiger partial charge on any atom is -0.294 e. The maximum atomic E-state index is 12.8. The number of fused-ring (bicyclic) bond motifs is 2. The van der Waals surface area contributed by atoms with Gasteiger partial charge in [-0.25, -0.2) is 9.50 Å². The predicted molar refractivity (Wildman–Crippen MR) is 105 cm³/mol. The Morgan fingerprint density at radius 2 is 1.74 bits per heavy atom. The summed E-state index contributed by atoms with van der Waals surface area (Å²) in [6.07, 6.45) is 4.97. The van der Waals surface area contributed by atoms with Gasteiger partial charge in [-0.05, 0) is 30.4 Å². The summed E-state index contributed by atoms with van der Waals surface area (Å²) in [5.41, 5.74) is 6.89. The van der Waals surface area contributed by atoms with E-state index >= 15 is 0 Å². The lowest BCUT2D eigenvalue weighted by molar-refractivity contribution is 0.0962. The molecule has 1 aliphatic rings. The van der Waals surface area contributed by atoms with Gasteiger partial charge in [0.1, 0.15) is 0 Å². The molecule has 0 fully saturated rings. The van der Waals surface area contributed by atoms with Crippen molar-refractivity contribution in [3.63, 3.8) is 0 Å². The highest BCUT2D eigenvalue weighted by molar-refractivity contribution is 5.99. The molecule has 1 aliphatic carbocycles. The zero-order valence-electron chi connectivity index (χ0n) is 15.1. The van der Waals surface area contributed by atoms with Crippen molar-refractivity contribution in [2.24, 2.45) is 0 Å². The summed E-state index contributed by atoms with van der Waals surface area (Å²) in [7, 11) is 0. The van der Waals surface area contributed by atoms with Crippen molar-refractivity contribution in [1.82, 2.24) is 14.6 Å². The zero-order chi connectivity index (χ0) is 18.4. The van der Waals surface area contributed by atoms with Gasteiger partial charge in [-0.1, -0.05) is 60.2 Å². The van der Waals surface area contributed by atoms with Gasteiger partial charge in [0.2, 0.25) is 0 Å². The number of aryl methyl sites for hydroxylation is 1. The number of Topliss-reactive ketones (excluding diaryl/α,β-unsaturated/α-hetero) is 1. The number of hydrogen-bond acceptors (Lipinski definition) is 3. The summed E-state index contributed by atoms with van der Waals surface area (Å²) in [6, 6.07) is 18.6. The first-order valence-electron chi connectivity index (χ1n) is 9.21. The lowest BCUT2D eigenvalue weighted by Gasteiger charge is -2.23. The lowest BCUT2D eigenvalue weighted by atomic mass is 9.82. The van der Waals surface area contributed by atoms with Crippen molar-refractivity contribution in [3.8, 4) is 11.1 Å². The van der Waals surface area contributed by atoms with Crippen molar-refractivity contribution in [2.75, 3.05) is 0 Å².